The molecule has 26 nitrogen and oxygen atoms in total. The third-order valence-corrected chi connectivity index (χ3v) is 12.4. The smallest absolute Gasteiger partial charge is 0.350 e. The predicted molar refractivity (Wildman–Crippen MR) is 268 cm³/mol. The summed E-state index contributed by atoms with van der Waals surface area (Å²) in [5, 5.41) is 34.3. The summed E-state index contributed by atoms with van der Waals surface area (Å²) in [7, 11) is -4.43. The van der Waals surface area contributed by atoms with Gasteiger partial charge in [-0.25, -0.2) is 22.5 Å². The number of carbonyl (C=O) groups excluding carboxylic acids is 1. The molecule has 2 saturated heterocycles. The molecule has 0 saturated carbocycles. The number of halogens is 4. The minimum absolute atomic E-state index is 0.0508. The van der Waals surface area contributed by atoms with Gasteiger partial charge in [-0.3, -0.25) is 9.36 Å². The molecular formula is C48H63ClF3N8O18P. The molecule has 0 amide bonds. The molecular weight excluding hydrogens is 1100 g/mol. The summed E-state index contributed by atoms with van der Waals surface area (Å²) < 4.78 is 120. The molecule has 0 aliphatic carbocycles. The summed E-state index contributed by atoms with van der Waals surface area (Å²) in [6.07, 6.45) is -2.92. The van der Waals surface area contributed by atoms with Crippen LogP contribution in [0, 0.1) is 17.5 Å². The van der Waals surface area contributed by atoms with Crippen molar-refractivity contribution >= 4 is 42.0 Å². The number of ether oxygens (including phenoxy) is 12. The standard InChI is InChI=1S/C48H63ClF3N8O18P/c49-48-54-45(37-25-53-60(46(37)55-48)47-43(63)42(62)40(77-47)30-75-31-79(64,65)66)58-26-33(27-58)32-1-3-36(4-2-32)76-22-21-73-18-17-71-15-16-72-19-20-74-29-35-28-59(57-56-35)6-8-68-10-12-70-14-13-69-11-9-67-7-5-41(61)78-44-38(51)23-34(50)24-39(44)52/h1-4,23-25,28,33,40,42-43,47,62-63H,5-22,26-27,29-31H2,(H2,64,65,66)/t40?,42-,43-,47-/m1/s1. The second-order valence-electron chi connectivity index (χ2n) is 17.6. The van der Waals surface area contributed by atoms with Crippen LogP contribution in [0.3, 0.4) is 0 Å². The molecule has 7 rings (SSSR count). The van der Waals surface area contributed by atoms with Gasteiger partial charge in [0.15, 0.2) is 23.5 Å². The lowest BCUT2D eigenvalue weighted by Gasteiger charge is -2.40. The number of carbonyl (C=O) groups is 1. The number of rotatable bonds is 38. The Hall–Kier alpha value is -5.05. The molecule has 31 heteroatoms. The van der Waals surface area contributed by atoms with E-state index in [4.69, 9.17) is 73.5 Å². The third kappa shape index (κ3) is 19.9. The Balaban J connectivity index is 0.626. The van der Waals surface area contributed by atoms with Crippen molar-refractivity contribution in [2.24, 2.45) is 0 Å². The van der Waals surface area contributed by atoms with Crippen LogP contribution in [0.15, 0.2) is 48.8 Å². The summed E-state index contributed by atoms with van der Waals surface area (Å²) in [5.41, 5.74) is 2.06. The van der Waals surface area contributed by atoms with Crippen molar-refractivity contribution in [2.45, 2.75) is 50.0 Å². The number of anilines is 1. The zero-order chi connectivity index (χ0) is 56.0. The van der Waals surface area contributed by atoms with E-state index >= 15 is 0 Å². The van der Waals surface area contributed by atoms with Crippen molar-refractivity contribution in [3.8, 4) is 11.5 Å². The van der Waals surface area contributed by atoms with E-state index < -0.39 is 67.7 Å². The Labute approximate surface area is 455 Å². The molecule has 2 aromatic carbocycles. The van der Waals surface area contributed by atoms with Crippen molar-refractivity contribution in [3.05, 3.63) is 82.8 Å². The highest BCUT2D eigenvalue weighted by molar-refractivity contribution is 7.51. The Kier molecular flexibility index (Phi) is 24.8. The fourth-order valence-electron chi connectivity index (χ4n) is 7.80. The first-order valence-corrected chi connectivity index (χ1v) is 27.3. The zero-order valence-corrected chi connectivity index (χ0v) is 44.5. The average molecular weight is 1160 g/mol. The van der Waals surface area contributed by atoms with Gasteiger partial charge in [0.05, 0.1) is 143 Å². The number of esters is 1. The zero-order valence-electron chi connectivity index (χ0n) is 42.8. The molecule has 3 aromatic heterocycles. The first-order chi connectivity index (χ1) is 38.2. The van der Waals surface area contributed by atoms with E-state index in [9.17, 15) is 32.7 Å². The number of fused-ring (bicyclic) bond motifs is 1. The predicted octanol–water partition coefficient (Wildman–Crippen LogP) is 2.57. The van der Waals surface area contributed by atoms with Gasteiger partial charge >= 0.3 is 13.6 Å². The number of benzene rings is 2. The van der Waals surface area contributed by atoms with Crippen LogP contribution in [0.5, 0.6) is 11.5 Å². The van der Waals surface area contributed by atoms with Crippen LogP contribution >= 0.6 is 19.2 Å². The Morgan fingerprint density at radius 2 is 1.33 bits per heavy atom. The number of aliphatic hydroxyl groups excluding tert-OH is 2. The van der Waals surface area contributed by atoms with Gasteiger partial charge < -0.3 is 81.7 Å². The van der Waals surface area contributed by atoms with Crippen LogP contribution in [0.1, 0.15) is 29.8 Å². The number of hydrogen-bond acceptors (Lipinski definition) is 22. The van der Waals surface area contributed by atoms with Crippen LogP contribution in [-0.4, -0.2) is 211 Å². The molecule has 2 aliphatic heterocycles. The van der Waals surface area contributed by atoms with E-state index in [2.05, 4.69) is 30.1 Å². The maximum Gasteiger partial charge on any atom is 0.350 e. The molecule has 2 aliphatic rings. The molecule has 79 heavy (non-hydrogen) atoms. The Morgan fingerprint density at radius 3 is 1.95 bits per heavy atom. The summed E-state index contributed by atoms with van der Waals surface area (Å²) >= 11 is 6.33. The van der Waals surface area contributed by atoms with Gasteiger partial charge in [0.1, 0.15) is 54.3 Å². The molecule has 0 bridgehead atoms. The molecule has 436 valence electrons. The quantitative estimate of drug-likeness (QED) is 0.0145. The summed E-state index contributed by atoms with van der Waals surface area (Å²) in [6, 6.07) is 8.69. The van der Waals surface area contributed by atoms with Gasteiger partial charge in [0.25, 0.3) is 0 Å². The van der Waals surface area contributed by atoms with Gasteiger partial charge in [-0.2, -0.15) is 15.1 Å². The lowest BCUT2D eigenvalue weighted by molar-refractivity contribution is -0.136. The van der Waals surface area contributed by atoms with E-state index in [1.165, 1.54) is 10.9 Å². The SMILES string of the molecule is O=C(CCOCCOCCOCCOCCn1cc(COCCOCCOCCOCCOc2ccc(C3CN(c4nc(Cl)nc5c4cnn5[C@@H]4OC(COCP(=O)(O)O)[C@@H](O)[C@H]4O)C3)cc2)nn1)Oc1c(F)cc(F)cc1F. The second-order valence-corrected chi connectivity index (χ2v) is 19.5. The second kappa shape index (κ2) is 31.8. The lowest BCUT2D eigenvalue weighted by atomic mass is 9.91. The fraction of sp³-hybridized carbons (Fsp3) is 0.583. The van der Waals surface area contributed by atoms with Gasteiger partial charge in [-0.15, -0.1) is 5.10 Å². The van der Waals surface area contributed by atoms with Crippen LogP contribution in [-0.2, 0) is 69.9 Å². The van der Waals surface area contributed by atoms with Crippen molar-refractivity contribution < 1.29 is 99.4 Å². The highest BCUT2D eigenvalue weighted by Crippen LogP contribution is 2.39. The first kappa shape index (κ1) is 61.6. The highest BCUT2D eigenvalue weighted by Gasteiger charge is 2.45. The van der Waals surface area contributed by atoms with Crippen molar-refractivity contribution in [1.82, 2.24) is 34.7 Å². The lowest BCUT2D eigenvalue weighted by Crippen LogP contribution is -2.45. The summed E-state index contributed by atoms with van der Waals surface area (Å²) in [5.74, 6) is -4.17. The van der Waals surface area contributed by atoms with Gasteiger partial charge in [-0.05, 0) is 29.3 Å². The largest absolute Gasteiger partial charge is 0.491 e. The molecule has 0 spiro atoms. The molecule has 1 unspecified atom stereocenters. The summed E-state index contributed by atoms with van der Waals surface area (Å²) in [4.78, 5) is 40.7. The van der Waals surface area contributed by atoms with Crippen LogP contribution < -0.4 is 14.4 Å². The highest BCUT2D eigenvalue weighted by atomic mass is 35.5. The third-order valence-electron chi connectivity index (χ3n) is 11.7. The molecule has 5 heterocycles. The first-order valence-electron chi connectivity index (χ1n) is 25.1. The van der Waals surface area contributed by atoms with Crippen molar-refractivity contribution in [2.75, 3.05) is 137 Å². The molecule has 4 atom stereocenters. The van der Waals surface area contributed by atoms with E-state index in [1.54, 1.807) is 10.9 Å². The van der Waals surface area contributed by atoms with E-state index in [0.717, 1.165) is 5.56 Å². The van der Waals surface area contributed by atoms with Gasteiger partial charge in [-0.1, -0.05) is 17.3 Å². The normalized spacial score (nSPS) is 17.7. The van der Waals surface area contributed by atoms with Crippen molar-refractivity contribution in [3.63, 3.8) is 0 Å². The number of aromatic nitrogens is 7. The van der Waals surface area contributed by atoms with Crippen LogP contribution in [0.2, 0.25) is 5.28 Å². The van der Waals surface area contributed by atoms with E-state index in [-0.39, 0.29) is 56.3 Å². The maximum atomic E-state index is 13.6. The Bertz CT molecular complexity index is 2670. The topological polar surface area (TPSA) is 303 Å². The number of hydrogen-bond donors (Lipinski definition) is 4. The minimum atomic E-state index is -4.43. The number of nitrogens with zero attached hydrogens (tertiary/aromatic N) is 8. The Morgan fingerprint density at radius 1 is 0.747 bits per heavy atom. The number of aliphatic hydroxyl groups is 2. The molecule has 5 aromatic rings. The molecule has 0 radical (unpaired) electrons. The average Bonchev–Trinajstić information content (AvgIpc) is 4.25. The monoisotopic (exact) mass is 1160 g/mol. The van der Waals surface area contributed by atoms with Gasteiger partial charge in [0.2, 0.25) is 11.0 Å². The summed E-state index contributed by atoms with van der Waals surface area (Å²) in [6.45, 7) is 6.98. The maximum absolute atomic E-state index is 13.6. The fourth-order valence-corrected chi connectivity index (χ4v) is 8.31. The van der Waals surface area contributed by atoms with Crippen LogP contribution in [0.25, 0.3) is 11.0 Å². The molecule has 2 fully saturated rings. The minimum Gasteiger partial charge on any atom is -0.491 e. The van der Waals surface area contributed by atoms with Crippen LogP contribution in [0.4, 0.5) is 19.0 Å². The van der Waals surface area contributed by atoms with E-state index in [0.29, 0.717) is 140 Å². The molecule has 4 N–H and O–H groups in total. The van der Waals surface area contributed by atoms with E-state index in [1.807, 2.05) is 29.2 Å². The van der Waals surface area contributed by atoms with Crippen molar-refractivity contribution in [1.29, 1.82) is 0 Å². The van der Waals surface area contributed by atoms with Gasteiger partial charge in [0, 0.05) is 31.1 Å².